The van der Waals surface area contributed by atoms with Gasteiger partial charge in [0.05, 0.1) is 18.8 Å². The molecule has 3 aromatic carbocycles. The van der Waals surface area contributed by atoms with Crippen LogP contribution >= 0.6 is 0 Å². The van der Waals surface area contributed by atoms with Crippen molar-refractivity contribution in [2.75, 3.05) is 6.79 Å². The van der Waals surface area contributed by atoms with E-state index in [0.29, 0.717) is 28.2 Å². The highest BCUT2D eigenvalue weighted by Crippen LogP contribution is 2.42. The molecule has 0 atom stereocenters. The van der Waals surface area contributed by atoms with E-state index in [4.69, 9.17) is 14.2 Å². The van der Waals surface area contributed by atoms with Gasteiger partial charge in [-0.25, -0.2) is 4.79 Å². The molecule has 27 heavy (non-hydrogen) atoms. The largest absolute Gasteiger partial charge is 0.457 e. The average Bonchev–Trinajstić information content (AvgIpc) is 3.31. The second-order valence-electron chi connectivity index (χ2n) is 6.59. The van der Waals surface area contributed by atoms with Crippen molar-refractivity contribution in [3.05, 3.63) is 58.7 Å². The van der Waals surface area contributed by atoms with Gasteiger partial charge in [-0.1, -0.05) is 6.07 Å². The molecular weight excluding hydrogens is 348 g/mol. The Hall–Kier alpha value is -3.09. The molecule has 0 radical (unpaired) electrons. The number of benzene rings is 3. The number of ether oxygens (including phenoxy) is 3. The quantitative estimate of drug-likeness (QED) is 0.695. The van der Waals surface area contributed by atoms with Crippen LogP contribution in [0.2, 0.25) is 0 Å². The molecule has 5 rings (SSSR count). The highest BCUT2D eigenvalue weighted by Gasteiger charge is 2.29. The maximum absolute atomic E-state index is 12.4. The summed E-state index contributed by atoms with van der Waals surface area (Å²) in [5, 5.41) is 21.0. The molecule has 0 unspecified atom stereocenters. The number of hydrogen-bond donors (Lipinski definition) is 2. The van der Waals surface area contributed by atoms with Crippen LogP contribution in [0.5, 0.6) is 11.5 Å². The number of aliphatic hydroxyl groups is 2. The number of hydrogen-bond acceptors (Lipinski definition) is 6. The smallest absolute Gasteiger partial charge is 0.339 e. The fourth-order valence-electron chi connectivity index (χ4n) is 3.81. The number of carbonyl (C=O) groups excluding carboxylic acids is 1. The monoisotopic (exact) mass is 364 g/mol. The van der Waals surface area contributed by atoms with Crippen LogP contribution in [0.4, 0.5) is 0 Å². The third-order valence-corrected chi connectivity index (χ3v) is 5.11. The first-order chi connectivity index (χ1) is 13.2. The van der Waals surface area contributed by atoms with E-state index in [0.717, 1.165) is 27.5 Å². The Morgan fingerprint density at radius 3 is 2.44 bits per heavy atom. The van der Waals surface area contributed by atoms with Gasteiger partial charge in [0.2, 0.25) is 6.79 Å². The highest BCUT2D eigenvalue weighted by molar-refractivity contribution is 6.11. The minimum atomic E-state index is -0.364. The first-order valence-electron chi connectivity index (χ1n) is 8.60. The van der Waals surface area contributed by atoms with Gasteiger partial charge >= 0.3 is 5.97 Å². The predicted octanol–water partition coefficient (Wildman–Crippen LogP) is 2.89. The van der Waals surface area contributed by atoms with Crippen LogP contribution in [-0.4, -0.2) is 23.0 Å². The van der Waals surface area contributed by atoms with Crippen LogP contribution in [0.3, 0.4) is 0 Å². The summed E-state index contributed by atoms with van der Waals surface area (Å²) >= 11 is 0. The van der Waals surface area contributed by atoms with Gasteiger partial charge in [0.1, 0.15) is 6.61 Å². The predicted molar refractivity (Wildman–Crippen MR) is 96.5 cm³/mol. The lowest BCUT2D eigenvalue weighted by molar-refractivity contribution is 0.0535. The highest BCUT2D eigenvalue weighted by atomic mass is 16.7. The topological polar surface area (TPSA) is 85.2 Å². The molecule has 0 aliphatic carbocycles. The zero-order valence-corrected chi connectivity index (χ0v) is 14.3. The SMILES string of the molecule is O=C1OCc2cc3cc(CO)c(CO)cc3c(-c3ccc4c(c3)OCO4)c21. The van der Waals surface area contributed by atoms with Crippen LogP contribution < -0.4 is 9.47 Å². The van der Waals surface area contributed by atoms with Crippen molar-refractivity contribution in [3.63, 3.8) is 0 Å². The van der Waals surface area contributed by atoms with Crippen molar-refractivity contribution < 1.29 is 29.2 Å². The van der Waals surface area contributed by atoms with Gasteiger partial charge in [0.25, 0.3) is 0 Å². The number of aliphatic hydroxyl groups excluding tert-OH is 2. The molecule has 0 bridgehead atoms. The molecule has 2 aliphatic heterocycles. The molecular formula is C21H16O6. The van der Waals surface area contributed by atoms with Crippen molar-refractivity contribution in [1.29, 1.82) is 0 Å². The third kappa shape index (κ3) is 2.38. The van der Waals surface area contributed by atoms with Crippen LogP contribution in [0, 0.1) is 0 Å². The normalized spacial score (nSPS) is 14.5. The second-order valence-corrected chi connectivity index (χ2v) is 6.59. The summed E-state index contributed by atoms with van der Waals surface area (Å²) in [6, 6.07) is 11.1. The summed E-state index contributed by atoms with van der Waals surface area (Å²) in [4.78, 5) is 12.4. The number of carbonyl (C=O) groups is 1. The van der Waals surface area contributed by atoms with Crippen LogP contribution in [0.1, 0.15) is 27.0 Å². The van der Waals surface area contributed by atoms with Crippen molar-refractivity contribution in [3.8, 4) is 22.6 Å². The zero-order chi connectivity index (χ0) is 18.5. The number of rotatable bonds is 3. The van der Waals surface area contributed by atoms with E-state index in [1.54, 1.807) is 0 Å². The minimum absolute atomic E-state index is 0.169. The van der Waals surface area contributed by atoms with E-state index >= 15 is 0 Å². The molecule has 6 heteroatoms. The third-order valence-electron chi connectivity index (χ3n) is 5.11. The van der Waals surface area contributed by atoms with Crippen LogP contribution in [0.25, 0.3) is 21.9 Å². The summed E-state index contributed by atoms with van der Waals surface area (Å²) in [6.45, 7) is 0.0203. The van der Waals surface area contributed by atoms with E-state index in [1.165, 1.54) is 0 Å². The Bertz CT molecular complexity index is 1100. The lowest BCUT2D eigenvalue weighted by Gasteiger charge is -2.15. The average molecular weight is 364 g/mol. The number of fused-ring (bicyclic) bond motifs is 3. The molecule has 2 N–H and O–H groups in total. The van der Waals surface area contributed by atoms with Gasteiger partial charge in [-0.3, -0.25) is 0 Å². The van der Waals surface area contributed by atoms with Gasteiger partial charge in [-0.05, 0) is 57.8 Å². The number of cyclic esters (lactones) is 1. The van der Waals surface area contributed by atoms with E-state index in [-0.39, 0.29) is 32.6 Å². The summed E-state index contributed by atoms with van der Waals surface area (Å²) in [5.74, 6) is 0.923. The van der Waals surface area contributed by atoms with Gasteiger partial charge < -0.3 is 24.4 Å². The van der Waals surface area contributed by atoms with Crippen molar-refractivity contribution in [2.24, 2.45) is 0 Å². The molecule has 0 spiro atoms. The van der Waals surface area contributed by atoms with E-state index < -0.39 is 0 Å². The standard InChI is InChI=1S/C21H16O6/c22-7-13-3-12-4-15-9-25-21(24)20(15)19(16(12)5-14(13)8-23)11-1-2-17-18(6-11)27-10-26-17/h1-6,22-23H,7-10H2. The van der Waals surface area contributed by atoms with Gasteiger partial charge in [-0.15, -0.1) is 0 Å². The molecule has 2 aliphatic rings. The van der Waals surface area contributed by atoms with Crippen molar-refractivity contribution in [2.45, 2.75) is 19.8 Å². The van der Waals surface area contributed by atoms with Crippen LogP contribution in [-0.2, 0) is 24.6 Å². The molecule has 136 valence electrons. The molecule has 0 fully saturated rings. The maximum atomic E-state index is 12.4. The Kier molecular flexibility index (Phi) is 3.56. The van der Waals surface area contributed by atoms with E-state index in [1.807, 2.05) is 36.4 Å². The molecule has 0 saturated carbocycles. The molecule has 2 heterocycles. The summed E-state index contributed by atoms with van der Waals surface area (Å²) < 4.78 is 16.1. The Labute approximate surface area is 154 Å². The fourth-order valence-corrected chi connectivity index (χ4v) is 3.81. The van der Waals surface area contributed by atoms with Gasteiger partial charge in [-0.2, -0.15) is 0 Å². The van der Waals surface area contributed by atoms with E-state index in [2.05, 4.69) is 0 Å². The summed E-state index contributed by atoms with van der Waals surface area (Å²) in [7, 11) is 0. The summed E-state index contributed by atoms with van der Waals surface area (Å²) in [5.41, 5.74) is 4.16. The minimum Gasteiger partial charge on any atom is -0.457 e. The number of esters is 1. The van der Waals surface area contributed by atoms with E-state index in [9.17, 15) is 15.0 Å². The Balaban J connectivity index is 1.86. The van der Waals surface area contributed by atoms with Crippen molar-refractivity contribution in [1.82, 2.24) is 0 Å². The van der Waals surface area contributed by atoms with Crippen LogP contribution in [0.15, 0.2) is 36.4 Å². The van der Waals surface area contributed by atoms with Crippen molar-refractivity contribution >= 4 is 16.7 Å². The van der Waals surface area contributed by atoms with Gasteiger partial charge in [0, 0.05) is 11.1 Å². The molecule has 0 aromatic heterocycles. The molecule has 3 aromatic rings. The molecule has 0 amide bonds. The lowest BCUT2D eigenvalue weighted by atomic mass is 9.88. The van der Waals surface area contributed by atoms with Gasteiger partial charge in [0.15, 0.2) is 11.5 Å². The molecule has 6 nitrogen and oxygen atoms in total. The lowest BCUT2D eigenvalue weighted by Crippen LogP contribution is -2.01. The fraction of sp³-hybridized carbons (Fsp3) is 0.190. The maximum Gasteiger partial charge on any atom is 0.339 e. The molecule has 0 saturated heterocycles. The second kappa shape index (κ2) is 5.97. The summed E-state index contributed by atoms with van der Waals surface area (Å²) in [6.07, 6.45) is 0. The Morgan fingerprint density at radius 1 is 0.852 bits per heavy atom. The Morgan fingerprint density at radius 2 is 1.63 bits per heavy atom. The zero-order valence-electron chi connectivity index (χ0n) is 14.3. The first kappa shape index (κ1) is 16.1. The first-order valence-corrected chi connectivity index (χ1v) is 8.60.